The monoisotopic (exact) mass is 339 g/mol. The number of halogens is 4. The molecule has 0 aliphatic heterocycles. The highest BCUT2D eigenvalue weighted by Crippen LogP contribution is 2.28. The zero-order chi connectivity index (χ0) is 11.9. The highest BCUT2D eigenvalue weighted by atomic mass is 127. The van der Waals surface area contributed by atoms with Gasteiger partial charge in [0, 0.05) is 15.0 Å². The van der Waals surface area contributed by atoms with Crippen LogP contribution in [0.15, 0.2) is 29.1 Å². The van der Waals surface area contributed by atoms with Crippen molar-refractivity contribution in [1.82, 2.24) is 4.98 Å². The Morgan fingerprint density at radius 1 is 1.25 bits per heavy atom. The van der Waals surface area contributed by atoms with Gasteiger partial charge in [-0.2, -0.15) is 13.2 Å². The van der Waals surface area contributed by atoms with Crippen LogP contribution in [0.25, 0.3) is 10.9 Å². The third-order valence-corrected chi connectivity index (χ3v) is 3.02. The Hall–Kier alpha value is -1.05. The number of rotatable bonds is 0. The molecule has 2 aromatic rings. The van der Waals surface area contributed by atoms with Gasteiger partial charge in [0.15, 0.2) is 5.43 Å². The fraction of sp³-hybridized carbons (Fsp3) is 0.100. The van der Waals surface area contributed by atoms with Crippen molar-refractivity contribution in [3.8, 4) is 0 Å². The van der Waals surface area contributed by atoms with Crippen LogP contribution in [0.4, 0.5) is 13.2 Å². The maximum Gasteiger partial charge on any atom is 0.431 e. The second-order valence-electron chi connectivity index (χ2n) is 3.21. The van der Waals surface area contributed by atoms with Crippen LogP contribution in [-0.4, -0.2) is 4.98 Å². The SMILES string of the molecule is O=c1cc(C(F)(F)F)[nH]c2c(I)cccc12. The van der Waals surface area contributed by atoms with E-state index in [9.17, 15) is 18.0 Å². The summed E-state index contributed by atoms with van der Waals surface area (Å²) in [6, 6.07) is 5.35. The molecule has 0 atom stereocenters. The summed E-state index contributed by atoms with van der Waals surface area (Å²) in [4.78, 5) is 13.7. The number of hydrogen-bond donors (Lipinski definition) is 1. The highest BCUT2D eigenvalue weighted by Gasteiger charge is 2.32. The van der Waals surface area contributed by atoms with Crippen molar-refractivity contribution < 1.29 is 13.2 Å². The maximum atomic E-state index is 12.5. The number of fused-ring (bicyclic) bond motifs is 1. The summed E-state index contributed by atoms with van der Waals surface area (Å²) in [6.07, 6.45) is -4.54. The van der Waals surface area contributed by atoms with Gasteiger partial charge < -0.3 is 4.98 Å². The Bertz CT molecular complexity index is 603. The molecule has 0 aliphatic carbocycles. The molecule has 84 valence electrons. The number of alkyl halides is 3. The lowest BCUT2D eigenvalue weighted by molar-refractivity contribution is -0.141. The third kappa shape index (κ3) is 1.93. The molecule has 2 nitrogen and oxygen atoms in total. The molecule has 0 amide bonds. The predicted molar refractivity (Wildman–Crippen MR) is 62.3 cm³/mol. The van der Waals surface area contributed by atoms with E-state index in [2.05, 4.69) is 4.98 Å². The largest absolute Gasteiger partial charge is 0.431 e. The minimum Gasteiger partial charge on any atom is -0.350 e. The molecule has 0 aliphatic rings. The van der Waals surface area contributed by atoms with Crippen molar-refractivity contribution >= 4 is 33.5 Å². The van der Waals surface area contributed by atoms with Crippen molar-refractivity contribution in [2.24, 2.45) is 0 Å². The summed E-state index contributed by atoms with van der Waals surface area (Å²) in [5.41, 5.74) is -1.42. The van der Waals surface area contributed by atoms with Gasteiger partial charge in [0.1, 0.15) is 5.69 Å². The Morgan fingerprint density at radius 2 is 1.94 bits per heavy atom. The molecule has 6 heteroatoms. The highest BCUT2D eigenvalue weighted by molar-refractivity contribution is 14.1. The molecule has 0 spiro atoms. The van der Waals surface area contributed by atoms with Crippen molar-refractivity contribution in [2.75, 3.05) is 0 Å². The first kappa shape index (κ1) is 11.4. The number of aromatic nitrogens is 1. The molecule has 0 bridgehead atoms. The average molecular weight is 339 g/mol. The maximum absolute atomic E-state index is 12.5. The van der Waals surface area contributed by atoms with E-state index in [0.29, 0.717) is 9.64 Å². The molecule has 2 rings (SSSR count). The van der Waals surface area contributed by atoms with Gasteiger partial charge in [-0.25, -0.2) is 0 Å². The number of H-pyrrole nitrogens is 1. The molecular formula is C10H5F3INO. The van der Waals surface area contributed by atoms with Crippen LogP contribution in [0.2, 0.25) is 0 Å². The second kappa shape index (κ2) is 3.76. The summed E-state index contributed by atoms with van der Waals surface area (Å²) in [5.74, 6) is 0. The molecule has 0 saturated carbocycles. The van der Waals surface area contributed by atoms with Crippen molar-refractivity contribution in [2.45, 2.75) is 6.18 Å². The Morgan fingerprint density at radius 3 is 2.56 bits per heavy atom. The molecule has 0 radical (unpaired) electrons. The van der Waals surface area contributed by atoms with Crippen molar-refractivity contribution in [1.29, 1.82) is 0 Å². The molecule has 1 aromatic carbocycles. The van der Waals surface area contributed by atoms with Gasteiger partial charge in [0.2, 0.25) is 0 Å². The molecule has 1 N–H and O–H groups in total. The topological polar surface area (TPSA) is 32.9 Å². The smallest absolute Gasteiger partial charge is 0.350 e. The average Bonchev–Trinajstić information content (AvgIpc) is 2.18. The quantitative estimate of drug-likeness (QED) is 0.735. The van der Waals surface area contributed by atoms with E-state index in [1.54, 1.807) is 12.1 Å². The first-order chi connectivity index (χ1) is 7.39. The Labute approximate surface area is 102 Å². The lowest BCUT2D eigenvalue weighted by atomic mass is 10.2. The molecule has 1 aromatic heterocycles. The third-order valence-electron chi connectivity index (χ3n) is 2.12. The Balaban J connectivity index is 2.86. The Kier molecular flexibility index (Phi) is 2.69. The van der Waals surface area contributed by atoms with Gasteiger partial charge in [-0.15, -0.1) is 0 Å². The molecular weight excluding hydrogens is 334 g/mol. The molecule has 0 saturated heterocycles. The van der Waals surface area contributed by atoms with Crippen LogP contribution in [0.3, 0.4) is 0 Å². The van der Waals surface area contributed by atoms with Crippen LogP contribution in [-0.2, 0) is 6.18 Å². The van der Waals surface area contributed by atoms with E-state index in [0.717, 1.165) is 0 Å². The second-order valence-corrected chi connectivity index (χ2v) is 4.37. The fourth-order valence-electron chi connectivity index (χ4n) is 1.39. The van der Waals surface area contributed by atoms with Gasteiger partial charge in [-0.3, -0.25) is 4.79 Å². The van der Waals surface area contributed by atoms with E-state index < -0.39 is 17.3 Å². The van der Waals surface area contributed by atoms with Crippen LogP contribution in [0.1, 0.15) is 5.69 Å². The number of nitrogens with one attached hydrogen (secondary N) is 1. The van der Waals surface area contributed by atoms with Crippen molar-refractivity contribution in [3.05, 3.63) is 43.8 Å². The van der Waals surface area contributed by atoms with Gasteiger partial charge in [-0.05, 0) is 34.7 Å². The fourth-order valence-corrected chi connectivity index (χ4v) is 2.02. The first-order valence-corrected chi connectivity index (χ1v) is 5.36. The first-order valence-electron chi connectivity index (χ1n) is 4.28. The van der Waals surface area contributed by atoms with E-state index >= 15 is 0 Å². The molecule has 1 heterocycles. The number of para-hydroxylation sites is 1. The van der Waals surface area contributed by atoms with E-state index in [1.165, 1.54) is 6.07 Å². The normalized spacial score (nSPS) is 12.0. The lowest BCUT2D eigenvalue weighted by Crippen LogP contribution is -2.14. The molecule has 16 heavy (non-hydrogen) atoms. The predicted octanol–water partition coefficient (Wildman–Crippen LogP) is 3.15. The minimum atomic E-state index is -4.54. The summed E-state index contributed by atoms with van der Waals surface area (Å²) < 4.78 is 37.9. The molecule has 0 fully saturated rings. The van der Waals surface area contributed by atoms with E-state index in [4.69, 9.17) is 0 Å². The summed E-state index contributed by atoms with van der Waals surface area (Å²) in [5, 5.41) is 0.264. The van der Waals surface area contributed by atoms with Crippen LogP contribution >= 0.6 is 22.6 Å². The number of benzene rings is 1. The number of aromatic amines is 1. The summed E-state index contributed by atoms with van der Waals surface area (Å²) >= 11 is 1.88. The van der Waals surface area contributed by atoms with E-state index in [-0.39, 0.29) is 10.9 Å². The van der Waals surface area contributed by atoms with Gasteiger partial charge in [-0.1, -0.05) is 6.07 Å². The van der Waals surface area contributed by atoms with Crippen LogP contribution in [0.5, 0.6) is 0 Å². The van der Waals surface area contributed by atoms with E-state index in [1.807, 2.05) is 22.6 Å². The zero-order valence-corrected chi connectivity index (χ0v) is 9.89. The lowest BCUT2D eigenvalue weighted by Gasteiger charge is -2.08. The summed E-state index contributed by atoms with van der Waals surface area (Å²) in [6.45, 7) is 0. The van der Waals surface area contributed by atoms with Crippen LogP contribution in [0, 0.1) is 3.57 Å². The standard InChI is InChI=1S/C10H5F3INO/c11-10(12,13)8-4-7(16)5-2-1-3-6(14)9(5)15-8/h1-4H,(H,15,16). The number of pyridine rings is 1. The van der Waals surface area contributed by atoms with Gasteiger partial charge in [0.05, 0.1) is 5.52 Å². The minimum absolute atomic E-state index is 0.225. The molecule has 0 unspecified atom stereocenters. The zero-order valence-electron chi connectivity index (χ0n) is 7.73. The summed E-state index contributed by atoms with van der Waals surface area (Å²) in [7, 11) is 0. The number of hydrogen-bond acceptors (Lipinski definition) is 1. The van der Waals surface area contributed by atoms with Crippen LogP contribution < -0.4 is 5.43 Å². The van der Waals surface area contributed by atoms with Gasteiger partial charge >= 0.3 is 6.18 Å². The van der Waals surface area contributed by atoms with Gasteiger partial charge in [0.25, 0.3) is 0 Å². The van der Waals surface area contributed by atoms with Crippen molar-refractivity contribution in [3.63, 3.8) is 0 Å².